The zero-order chi connectivity index (χ0) is 13.8. The topological polar surface area (TPSA) is 58.0 Å². The third-order valence-corrected chi connectivity index (χ3v) is 4.40. The SMILES string of the molecule is CCc1nc(Cl)c(C)c(NCC2CCCC2CO)n1. The van der Waals surface area contributed by atoms with Crippen LogP contribution < -0.4 is 5.32 Å². The molecule has 1 aliphatic rings. The second-order valence-corrected chi connectivity index (χ2v) is 5.63. The van der Waals surface area contributed by atoms with Gasteiger partial charge in [-0.1, -0.05) is 24.9 Å². The maximum atomic E-state index is 9.34. The van der Waals surface area contributed by atoms with Gasteiger partial charge >= 0.3 is 0 Å². The van der Waals surface area contributed by atoms with Crippen LogP contribution in [0.1, 0.15) is 37.6 Å². The fourth-order valence-corrected chi connectivity index (χ4v) is 2.90. The van der Waals surface area contributed by atoms with Gasteiger partial charge in [-0.3, -0.25) is 0 Å². The molecule has 2 N–H and O–H groups in total. The van der Waals surface area contributed by atoms with E-state index in [1.54, 1.807) is 0 Å². The summed E-state index contributed by atoms with van der Waals surface area (Å²) >= 11 is 6.12. The van der Waals surface area contributed by atoms with Gasteiger partial charge in [0.05, 0.1) is 0 Å². The summed E-state index contributed by atoms with van der Waals surface area (Å²) in [6.45, 7) is 5.09. The molecule has 0 aromatic carbocycles. The highest BCUT2D eigenvalue weighted by Crippen LogP contribution is 2.31. The molecule has 1 aliphatic carbocycles. The van der Waals surface area contributed by atoms with Crippen LogP contribution in [0.15, 0.2) is 0 Å². The van der Waals surface area contributed by atoms with E-state index in [0.717, 1.165) is 36.6 Å². The van der Waals surface area contributed by atoms with E-state index in [9.17, 15) is 5.11 Å². The maximum absolute atomic E-state index is 9.34. The minimum absolute atomic E-state index is 0.288. The Hall–Kier alpha value is -0.870. The van der Waals surface area contributed by atoms with Gasteiger partial charge in [-0.05, 0) is 31.6 Å². The fraction of sp³-hybridized carbons (Fsp3) is 0.714. The summed E-state index contributed by atoms with van der Waals surface area (Å²) in [6.07, 6.45) is 4.29. The lowest BCUT2D eigenvalue weighted by Crippen LogP contribution is -2.22. The van der Waals surface area contributed by atoms with Gasteiger partial charge < -0.3 is 10.4 Å². The largest absolute Gasteiger partial charge is 0.396 e. The van der Waals surface area contributed by atoms with Crippen LogP contribution in [0, 0.1) is 18.8 Å². The average molecular weight is 284 g/mol. The van der Waals surface area contributed by atoms with E-state index in [1.165, 1.54) is 12.8 Å². The molecule has 0 amide bonds. The van der Waals surface area contributed by atoms with E-state index in [-0.39, 0.29) is 6.61 Å². The first-order chi connectivity index (χ1) is 9.15. The van der Waals surface area contributed by atoms with Crippen LogP contribution >= 0.6 is 11.6 Å². The molecule has 1 saturated carbocycles. The molecule has 1 aromatic heterocycles. The lowest BCUT2D eigenvalue weighted by molar-refractivity contribution is 0.199. The number of hydrogen-bond donors (Lipinski definition) is 2. The van der Waals surface area contributed by atoms with E-state index >= 15 is 0 Å². The van der Waals surface area contributed by atoms with Crippen LogP contribution in [0.5, 0.6) is 0 Å². The quantitative estimate of drug-likeness (QED) is 0.816. The minimum Gasteiger partial charge on any atom is -0.396 e. The van der Waals surface area contributed by atoms with Gasteiger partial charge in [0.2, 0.25) is 0 Å². The Labute approximate surface area is 119 Å². The van der Waals surface area contributed by atoms with Gasteiger partial charge in [-0.15, -0.1) is 0 Å². The van der Waals surface area contributed by atoms with E-state index in [0.29, 0.717) is 17.0 Å². The number of anilines is 1. The Morgan fingerprint density at radius 1 is 1.32 bits per heavy atom. The average Bonchev–Trinajstić information content (AvgIpc) is 2.87. The molecule has 1 heterocycles. The lowest BCUT2D eigenvalue weighted by atomic mass is 9.97. The van der Waals surface area contributed by atoms with Crippen molar-refractivity contribution in [3.8, 4) is 0 Å². The summed E-state index contributed by atoms with van der Waals surface area (Å²) in [5.74, 6) is 2.56. The van der Waals surface area contributed by atoms with Crippen LogP contribution in [-0.4, -0.2) is 28.2 Å². The summed E-state index contributed by atoms with van der Waals surface area (Å²) in [6, 6.07) is 0. The number of hydrogen-bond acceptors (Lipinski definition) is 4. The zero-order valence-corrected chi connectivity index (χ0v) is 12.4. The summed E-state index contributed by atoms with van der Waals surface area (Å²) in [5.41, 5.74) is 0.900. The Morgan fingerprint density at radius 3 is 2.74 bits per heavy atom. The van der Waals surface area contributed by atoms with E-state index < -0.39 is 0 Å². The van der Waals surface area contributed by atoms with Gasteiger partial charge in [-0.2, -0.15) is 0 Å². The van der Waals surface area contributed by atoms with Gasteiger partial charge in [0, 0.05) is 25.1 Å². The lowest BCUT2D eigenvalue weighted by Gasteiger charge is -2.19. The second kappa shape index (κ2) is 6.53. The summed E-state index contributed by atoms with van der Waals surface area (Å²) in [7, 11) is 0. The molecule has 5 heteroatoms. The van der Waals surface area contributed by atoms with Crippen LogP contribution in [0.4, 0.5) is 5.82 Å². The first-order valence-electron chi connectivity index (χ1n) is 7.03. The van der Waals surface area contributed by atoms with Crippen molar-refractivity contribution in [2.75, 3.05) is 18.5 Å². The van der Waals surface area contributed by atoms with E-state index in [1.807, 2.05) is 13.8 Å². The first-order valence-corrected chi connectivity index (χ1v) is 7.41. The number of rotatable bonds is 5. The van der Waals surface area contributed by atoms with Crippen LogP contribution in [-0.2, 0) is 6.42 Å². The number of aliphatic hydroxyl groups excluding tert-OH is 1. The number of aryl methyl sites for hydroxylation is 1. The smallest absolute Gasteiger partial charge is 0.137 e. The molecule has 2 unspecified atom stereocenters. The first kappa shape index (κ1) is 14.5. The summed E-state index contributed by atoms with van der Waals surface area (Å²) in [5, 5.41) is 13.3. The van der Waals surface area contributed by atoms with Crippen molar-refractivity contribution in [2.24, 2.45) is 11.8 Å². The molecule has 1 aromatic rings. The van der Waals surface area contributed by atoms with Crippen LogP contribution in [0.25, 0.3) is 0 Å². The Kier molecular flexibility index (Phi) is 4.99. The molecule has 1 fully saturated rings. The van der Waals surface area contributed by atoms with Gasteiger partial charge in [0.25, 0.3) is 0 Å². The molecular weight excluding hydrogens is 262 g/mol. The molecule has 0 spiro atoms. The van der Waals surface area contributed by atoms with Gasteiger partial charge in [0.15, 0.2) is 0 Å². The third-order valence-electron chi connectivity index (χ3n) is 4.03. The van der Waals surface area contributed by atoms with E-state index in [4.69, 9.17) is 11.6 Å². The van der Waals surface area contributed by atoms with Crippen molar-refractivity contribution >= 4 is 17.4 Å². The number of halogens is 1. The molecule has 19 heavy (non-hydrogen) atoms. The van der Waals surface area contributed by atoms with Crippen molar-refractivity contribution in [3.05, 3.63) is 16.5 Å². The number of aromatic nitrogens is 2. The van der Waals surface area contributed by atoms with Crippen molar-refractivity contribution < 1.29 is 5.11 Å². The second-order valence-electron chi connectivity index (χ2n) is 5.27. The van der Waals surface area contributed by atoms with Gasteiger partial charge in [-0.25, -0.2) is 9.97 Å². The standard InChI is InChI=1S/C14H22ClN3O/c1-3-12-17-13(15)9(2)14(18-12)16-7-10-5-4-6-11(10)8-19/h10-11,19H,3-8H2,1-2H3,(H,16,17,18). The highest BCUT2D eigenvalue weighted by atomic mass is 35.5. The Bertz CT molecular complexity index is 439. The molecule has 2 atom stereocenters. The molecule has 0 aliphatic heterocycles. The van der Waals surface area contributed by atoms with E-state index in [2.05, 4.69) is 15.3 Å². The highest BCUT2D eigenvalue weighted by Gasteiger charge is 2.26. The zero-order valence-electron chi connectivity index (χ0n) is 11.6. The normalized spacial score (nSPS) is 22.7. The third kappa shape index (κ3) is 3.37. The number of nitrogens with zero attached hydrogens (tertiary/aromatic N) is 2. The van der Waals surface area contributed by atoms with Crippen molar-refractivity contribution in [2.45, 2.75) is 39.5 Å². The number of aliphatic hydroxyl groups is 1. The fourth-order valence-electron chi connectivity index (χ4n) is 2.71. The molecule has 2 rings (SSSR count). The molecule has 0 saturated heterocycles. The van der Waals surface area contributed by atoms with Crippen molar-refractivity contribution in [3.63, 3.8) is 0 Å². The van der Waals surface area contributed by atoms with Crippen molar-refractivity contribution in [1.82, 2.24) is 9.97 Å². The molecule has 106 valence electrons. The monoisotopic (exact) mass is 283 g/mol. The minimum atomic E-state index is 0.288. The highest BCUT2D eigenvalue weighted by molar-refractivity contribution is 6.30. The van der Waals surface area contributed by atoms with Crippen LogP contribution in [0.2, 0.25) is 5.15 Å². The Morgan fingerprint density at radius 2 is 2.05 bits per heavy atom. The molecule has 0 bridgehead atoms. The predicted octanol–water partition coefficient (Wildman–Crippen LogP) is 2.82. The maximum Gasteiger partial charge on any atom is 0.137 e. The predicted molar refractivity (Wildman–Crippen MR) is 77.6 cm³/mol. The summed E-state index contributed by atoms with van der Waals surface area (Å²) in [4.78, 5) is 8.73. The van der Waals surface area contributed by atoms with Gasteiger partial charge in [0.1, 0.15) is 16.8 Å². The molecular formula is C14H22ClN3O. The number of nitrogens with one attached hydrogen (secondary N) is 1. The van der Waals surface area contributed by atoms with Crippen LogP contribution in [0.3, 0.4) is 0 Å². The molecule has 4 nitrogen and oxygen atoms in total. The summed E-state index contributed by atoms with van der Waals surface area (Å²) < 4.78 is 0. The molecule has 0 radical (unpaired) electrons. The van der Waals surface area contributed by atoms with Crippen molar-refractivity contribution in [1.29, 1.82) is 0 Å². The Balaban J connectivity index is 2.04.